The molecule has 0 bridgehead atoms. The number of nitrogens with two attached hydrogens (primary N) is 1. The molecule has 0 aliphatic rings. The number of halogens is 2. The normalized spacial score (nSPS) is 10.7. The second-order valence-electron chi connectivity index (χ2n) is 4.36. The van der Waals surface area contributed by atoms with E-state index in [-0.39, 0.29) is 0 Å². The van der Waals surface area contributed by atoms with Crippen LogP contribution in [0.5, 0.6) is 0 Å². The number of benzene rings is 2. The minimum atomic E-state index is 0.597. The van der Waals surface area contributed by atoms with Gasteiger partial charge in [0.15, 0.2) is 0 Å². The lowest BCUT2D eigenvalue weighted by atomic mass is 10.1. The third kappa shape index (κ3) is 2.44. The predicted molar refractivity (Wildman–Crippen MR) is 86.1 cm³/mol. The van der Waals surface area contributed by atoms with Gasteiger partial charge in [-0.1, -0.05) is 45.7 Å². The summed E-state index contributed by atoms with van der Waals surface area (Å²) in [5.41, 5.74) is 9.50. The molecule has 0 aliphatic carbocycles. The van der Waals surface area contributed by atoms with Crippen molar-refractivity contribution in [2.75, 3.05) is 5.73 Å². The Labute approximate surface area is 130 Å². The number of rotatable bonds is 2. The maximum atomic E-state index is 5.98. The van der Waals surface area contributed by atoms with Crippen molar-refractivity contribution in [1.82, 2.24) is 9.78 Å². The summed E-state index contributed by atoms with van der Waals surface area (Å²) in [4.78, 5) is 0. The zero-order valence-corrected chi connectivity index (χ0v) is 12.8. The molecule has 0 aliphatic heterocycles. The summed E-state index contributed by atoms with van der Waals surface area (Å²) in [7, 11) is 0. The van der Waals surface area contributed by atoms with Crippen LogP contribution in [0.4, 0.5) is 5.69 Å². The van der Waals surface area contributed by atoms with E-state index >= 15 is 0 Å². The van der Waals surface area contributed by atoms with Crippen molar-refractivity contribution in [2.45, 2.75) is 0 Å². The van der Waals surface area contributed by atoms with Crippen LogP contribution in [-0.2, 0) is 0 Å². The van der Waals surface area contributed by atoms with Crippen LogP contribution in [0.25, 0.3) is 16.8 Å². The molecule has 3 rings (SSSR count). The van der Waals surface area contributed by atoms with Gasteiger partial charge in [0.2, 0.25) is 0 Å². The van der Waals surface area contributed by atoms with Gasteiger partial charge in [-0.25, -0.2) is 4.68 Å². The third-order valence-corrected chi connectivity index (χ3v) is 3.93. The number of hydrogen-bond donors (Lipinski definition) is 1. The van der Waals surface area contributed by atoms with E-state index in [4.69, 9.17) is 17.3 Å². The van der Waals surface area contributed by atoms with Crippen LogP contribution < -0.4 is 5.73 Å². The smallest absolute Gasteiger partial charge is 0.0876 e. The number of nitrogen functional groups attached to an aromatic ring is 1. The van der Waals surface area contributed by atoms with Crippen molar-refractivity contribution in [3.8, 4) is 16.8 Å². The number of nitrogens with zero attached hydrogens (tertiary/aromatic N) is 2. The maximum Gasteiger partial charge on any atom is 0.0876 e. The van der Waals surface area contributed by atoms with E-state index in [0.717, 1.165) is 21.3 Å². The van der Waals surface area contributed by atoms with E-state index < -0.39 is 0 Å². The van der Waals surface area contributed by atoms with Crippen LogP contribution >= 0.6 is 27.5 Å². The fourth-order valence-corrected chi connectivity index (χ4v) is 2.72. The molecule has 20 heavy (non-hydrogen) atoms. The highest BCUT2D eigenvalue weighted by molar-refractivity contribution is 9.10. The number of anilines is 1. The molecule has 2 N–H and O–H groups in total. The number of hydrogen-bond acceptors (Lipinski definition) is 2. The molecule has 0 fully saturated rings. The Morgan fingerprint density at radius 1 is 1.15 bits per heavy atom. The van der Waals surface area contributed by atoms with Gasteiger partial charge in [0.05, 0.1) is 17.6 Å². The van der Waals surface area contributed by atoms with Crippen molar-refractivity contribution in [3.63, 3.8) is 0 Å². The van der Waals surface area contributed by atoms with Gasteiger partial charge in [0.25, 0.3) is 0 Å². The molecule has 5 heteroatoms. The quantitative estimate of drug-likeness (QED) is 0.691. The van der Waals surface area contributed by atoms with E-state index in [1.807, 2.05) is 42.7 Å². The maximum absolute atomic E-state index is 5.98. The molecule has 0 radical (unpaired) electrons. The lowest BCUT2D eigenvalue weighted by molar-refractivity contribution is 0.883. The van der Waals surface area contributed by atoms with Crippen LogP contribution in [0.15, 0.2) is 59.3 Å². The van der Waals surface area contributed by atoms with E-state index in [1.165, 1.54) is 0 Å². The molecule has 0 spiro atoms. The molecular formula is C15H11BrClN3. The summed E-state index contributed by atoms with van der Waals surface area (Å²) in [5.74, 6) is 0. The first kappa shape index (κ1) is 13.2. The second-order valence-corrected chi connectivity index (χ2v) is 5.65. The molecule has 100 valence electrons. The summed E-state index contributed by atoms with van der Waals surface area (Å²) in [6, 6.07) is 13.4. The molecule has 2 aromatic carbocycles. The molecule has 3 aromatic rings. The molecule has 0 amide bonds. The molecule has 0 saturated carbocycles. The van der Waals surface area contributed by atoms with Crippen LogP contribution in [0.3, 0.4) is 0 Å². The second kappa shape index (κ2) is 5.31. The van der Waals surface area contributed by atoms with Crippen LogP contribution in [0, 0.1) is 0 Å². The highest BCUT2D eigenvalue weighted by Crippen LogP contribution is 2.29. The van der Waals surface area contributed by atoms with E-state index in [2.05, 4.69) is 21.0 Å². The summed E-state index contributed by atoms with van der Waals surface area (Å²) in [6.07, 6.45) is 3.76. The fraction of sp³-hybridized carbons (Fsp3) is 0. The Kier molecular flexibility index (Phi) is 3.51. The highest BCUT2D eigenvalue weighted by Gasteiger charge is 2.08. The summed E-state index contributed by atoms with van der Waals surface area (Å²) >= 11 is 9.45. The molecule has 0 saturated heterocycles. The van der Waals surface area contributed by atoms with Gasteiger partial charge in [-0.05, 0) is 29.8 Å². The summed E-state index contributed by atoms with van der Waals surface area (Å²) in [5, 5.41) is 4.98. The lowest BCUT2D eigenvalue weighted by Gasteiger charge is -2.05. The van der Waals surface area contributed by atoms with Gasteiger partial charge in [-0.15, -0.1) is 0 Å². The topological polar surface area (TPSA) is 43.8 Å². The highest BCUT2D eigenvalue weighted by atomic mass is 79.9. The first-order valence-corrected chi connectivity index (χ1v) is 7.17. The monoisotopic (exact) mass is 347 g/mol. The van der Waals surface area contributed by atoms with Crippen molar-refractivity contribution >= 4 is 33.2 Å². The Balaban J connectivity index is 2.04. The predicted octanol–water partition coefficient (Wildman–Crippen LogP) is 4.54. The minimum Gasteiger partial charge on any atom is -0.397 e. The first-order valence-electron chi connectivity index (χ1n) is 6.00. The Hall–Kier alpha value is -1.78. The Morgan fingerprint density at radius 3 is 2.70 bits per heavy atom. The number of aromatic nitrogens is 2. The van der Waals surface area contributed by atoms with Gasteiger partial charge in [-0.3, -0.25) is 0 Å². The zero-order valence-electron chi connectivity index (χ0n) is 10.4. The fourth-order valence-electron chi connectivity index (χ4n) is 2.02. The molecular weight excluding hydrogens is 338 g/mol. The Morgan fingerprint density at radius 2 is 1.95 bits per heavy atom. The molecule has 0 unspecified atom stereocenters. The summed E-state index contributed by atoms with van der Waals surface area (Å²) < 4.78 is 2.78. The molecule has 1 aromatic heterocycles. The van der Waals surface area contributed by atoms with E-state index in [1.54, 1.807) is 16.8 Å². The van der Waals surface area contributed by atoms with Crippen LogP contribution in [-0.4, -0.2) is 9.78 Å². The minimum absolute atomic E-state index is 0.597. The first-order chi connectivity index (χ1) is 9.65. The van der Waals surface area contributed by atoms with Gasteiger partial charge >= 0.3 is 0 Å². The summed E-state index contributed by atoms with van der Waals surface area (Å²) in [6.45, 7) is 0. The van der Waals surface area contributed by atoms with Crippen LogP contribution in [0.1, 0.15) is 0 Å². The largest absolute Gasteiger partial charge is 0.397 e. The Bertz CT molecular complexity index is 767. The third-order valence-electron chi connectivity index (χ3n) is 3.00. The zero-order chi connectivity index (χ0) is 14.1. The standard InChI is InChI=1S/C15H11BrClN3/c16-13-4-2-1-3-12(13)10-8-19-20(9-10)15-6-5-11(17)7-14(15)18/h1-9H,18H2. The average Bonchev–Trinajstić information content (AvgIpc) is 2.88. The van der Waals surface area contributed by atoms with Crippen molar-refractivity contribution in [1.29, 1.82) is 0 Å². The molecule has 3 nitrogen and oxygen atoms in total. The van der Waals surface area contributed by atoms with Crippen molar-refractivity contribution in [3.05, 3.63) is 64.4 Å². The SMILES string of the molecule is Nc1cc(Cl)ccc1-n1cc(-c2ccccc2Br)cn1. The van der Waals surface area contributed by atoms with Gasteiger partial charge in [-0.2, -0.15) is 5.10 Å². The lowest BCUT2D eigenvalue weighted by Crippen LogP contribution is -1.99. The van der Waals surface area contributed by atoms with Crippen molar-refractivity contribution in [2.24, 2.45) is 0 Å². The molecule has 0 atom stereocenters. The average molecular weight is 349 g/mol. The van der Waals surface area contributed by atoms with Gasteiger partial charge < -0.3 is 5.73 Å². The van der Waals surface area contributed by atoms with E-state index in [0.29, 0.717) is 10.7 Å². The van der Waals surface area contributed by atoms with E-state index in [9.17, 15) is 0 Å². The van der Waals surface area contributed by atoms with Crippen LogP contribution in [0.2, 0.25) is 5.02 Å². The molecule has 1 heterocycles. The van der Waals surface area contributed by atoms with Crippen molar-refractivity contribution < 1.29 is 0 Å². The van der Waals surface area contributed by atoms with Gasteiger partial charge in [0, 0.05) is 21.3 Å². The van der Waals surface area contributed by atoms with Gasteiger partial charge in [0.1, 0.15) is 0 Å².